The van der Waals surface area contributed by atoms with Crippen LogP contribution in [0.3, 0.4) is 0 Å². The average Bonchev–Trinajstić information content (AvgIpc) is 2.27. The predicted octanol–water partition coefficient (Wildman–Crippen LogP) is 0.783. The van der Waals surface area contributed by atoms with Crippen LogP contribution in [0.4, 0.5) is 5.82 Å². The van der Waals surface area contributed by atoms with Crippen molar-refractivity contribution in [2.75, 3.05) is 26.0 Å². The molecular weight excluding hydrogens is 232 g/mol. The monoisotopic (exact) mass is 252 g/mol. The highest BCUT2D eigenvalue weighted by Gasteiger charge is 2.06. The van der Waals surface area contributed by atoms with Gasteiger partial charge in [-0.05, 0) is 0 Å². The lowest BCUT2D eigenvalue weighted by molar-refractivity contribution is -0.128. The molecule has 0 spiro atoms. The lowest BCUT2D eigenvalue weighted by Gasteiger charge is -2.11. The van der Waals surface area contributed by atoms with Crippen LogP contribution in [0.5, 0.6) is 0 Å². The zero-order valence-electron chi connectivity index (χ0n) is 11.3. The van der Waals surface area contributed by atoms with Gasteiger partial charge in [-0.2, -0.15) is 0 Å². The van der Waals surface area contributed by atoms with Crippen LogP contribution in [0.25, 0.3) is 0 Å². The lowest BCUT2D eigenvalue weighted by atomic mass is 10.2. The predicted molar refractivity (Wildman–Crippen MR) is 70.7 cm³/mol. The van der Waals surface area contributed by atoms with Gasteiger partial charge in [-0.25, -0.2) is 4.98 Å². The van der Waals surface area contributed by atoms with Crippen LogP contribution in [0.2, 0.25) is 0 Å². The molecule has 0 atom stereocenters. The number of anilines is 1. The number of aromatic nitrogens is 2. The zero-order chi connectivity index (χ0) is 13.7. The Balaban J connectivity index is 2.63. The van der Waals surface area contributed by atoms with Crippen molar-refractivity contribution in [3.8, 4) is 0 Å². The Bertz CT molecular complexity index is 465. The number of amides is 1. The molecule has 0 aliphatic rings. The maximum absolute atomic E-state index is 11.4. The van der Waals surface area contributed by atoms with Gasteiger partial charge in [-0.3, -0.25) is 9.59 Å². The molecule has 0 saturated heterocycles. The van der Waals surface area contributed by atoms with Crippen molar-refractivity contribution in [2.24, 2.45) is 0 Å². The first-order chi connectivity index (χ1) is 8.40. The van der Waals surface area contributed by atoms with Crippen LogP contribution in [-0.4, -0.2) is 41.4 Å². The van der Waals surface area contributed by atoms with Gasteiger partial charge in [0.2, 0.25) is 5.91 Å². The van der Waals surface area contributed by atoms with Gasteiger partial charge in [0.25, 0.3) is 5.56 Å². The molecule has 6 heteroatoms. The van der Waals surface area contributed by atoms with Gasteiger partial charge < -0.3 is 15.2 Å². The van der Waals surface area contributed by atoms with Crippen molar-refractivity contribution in [3.63, 3.8) is 0 Å². The molecule has 18 heavy (non-hydrogen) atoms. The highest BCUT2D eigenvalue weighted by molar-refractivity contribution is 5.76. The van der Waals surface area contributed by atoms with Crippen molar-refractivity contribution >= 4 is 11.7 Å². The molecule has 0 aliphatic carbocycles. The minimum atomic E-state index is -0.185. The molecule has 2 N–H and O–H groups in total. The maximum Gasteiger partial charge on any atom is 0.252 e. The molecule has 1 amide bonds. The Kier molecular flexibility index (Phi) is 4.88. The fourth-order valence-corrected chi connectivity index (χ4v) is 1.36. The van der Waals surface area contributed by atoms with Crippen LogP contribution in [0, 0.1) is 0 Å². The summed E-state index contributed by atoms with van der Waals surface area (Å²) >= 11 is 0. The number of nitrogens with one attached hydrogen (secondary N) is 2. The normalized spacial score (nSPS) is 10.5. The standard InChI is InChI=1S/C12H20N4O2/c1-8(2)12-14-9(7-10(17)15-12)13-6-5-11(18)16(3)4/h7-8H,5-6H2,1-4H3,(H2,13,14,15,17). The minimum absolute atomic E-state index is 0.0384. The Morgan fingerprint density at radius 2 is 2.17 bits per heavy atom. The van der Waals surface area contributed by atoms with Crippen molar-refractivity contribution < 1.29 is 4.79 Å². The largest absolute Gasteiger partial charge is 0.369 e. The van der Waals surface area contributed by atoms with E-state index in [0.717, 1.165) is 0 Å². The summed E-state index contributed by atoms with van der Waals surface area (Å²) in [4.78, 5) is 31.3. The molecule has 0 aromatic carbocycles. The topological polar surface area (TPSA) is 78.1 Å². The van der Waals surface area contributed by atoms with E-state index in [1.165, 1.54) is 11.0 Å². The van der Waals surface area contributed by atoms with Gasteiger partial charge in [-0.1, -0.05) is 13.8 Å². The fraction of sp³-hybridized carbons (Fsp3) is 0.583. The second kappa shape index (κ2) is 6.18. The number of carbonyl (C=O) groups excluding carboxylic acids is 1. The minimum Gasteiger partial charge on any atom is -0.369 e. The van der Waals surface area contributed by atoms with Gasteiger partial charge in [0, 0.05) is 39.0 Å². The first-order valence-electron chi connectivity index (χ1n) is 5.95. The number of hydrogen-bond acceptors (Lipinski definition) is 4. The van der Waals surface area contributed by atoms with Gasteiger partial charge in [0.15, 0.2) is 0 Å². The van der Waals surface area contributed by atoms with Crippen LogP contribution < -0.4 is 10.9 Å². The highest BCUT2D eigenvalue weighted by Crippen LogP contribution is 2.08. The lowest BCUT2D eigenvalue weighted by Crippen LogP contribution is -2.24. The first-order valence-corrected chi connectivity index (χ1v) is 5.95. The maximum atomic E-state index is 11.4. The Labute approximate surface area is 106 Å². The summed E-state index contributed by atoms with van der Waals surface area (Å²) in [5, 5.41) is 2.99. The molecular formula is C12H20N4O2. The first kappa shape index (κ1) is 14.2. The zero-order valence-corrected chi connectivity index (χ0v) is 11.3. The van der Waals surface area contributed by atoms with Gasteiger partial charge in [0.05, 0.1) is 0 Å². The molecule has 1 heterocycles. The Hall–Kier alpha value is -1.85. The van der Waals surface area contributed by atoms with Gasteiger partial charge in [0.1, 0.15) is 11.6 Å². The second-order valence-electron chi connectivity index (χ2n) is 4.64. The van der Waals surface area contributed by atoms with E-state index in [1.807, 2.05) is 13.8 Å². The van der Waals surface area contributed by atoms with Crippen molar-refractivity contribution in [3.05, 3.63) is 22.2 Å². The Morgan fingerprint density at radius 3 is 2.72 bits per heavy atom. The van der Waals surface area contributed by atoms with E-state index in [9.17, 15) is 9.59 Å². The van der Waals surface area contributed by atoms with E-state index in [-0.39, 0.29) is 17.4 Å². The molecule has 0 fully saturated rings. The average molecular weight is 252 g/mol. The van der Waals surface area contributed by atoms with E-state index >= 15 is 0 Å². The molecule has 0 unspecified atom stereocenters. The second-order valence-corrected chi connectivity index (χ2v) is 4.64. The summed E-state index contributed by atoms with van der Waals surface area (Å²) in [7, 11) is 3.43. The van der Waals surface area contributed by atoms with E-state index in [0.29, 0.717) is 24.6 Å². The van der Waals surface area contributed by atoms with Crippen molar-refractivity contribution in [2.45, 2.75) is 26.2 Å². The number of hydrogen-bond donors (Lipinski definition) is 2. The van der Waals surface area contributed by atoms with Crippen molar-refractivity contribution in [1.82, 2.24) is 14.9 Å². The smallest absolute Gasteiger partial charge is 0.252 e. The molecule has 0 radical (unpaired) electrons. The number of nitrogens with zero attached hydrogens (tertiary/aromatic N) is 2. The fourth-order valence-electron chi connectivity index (χ4n) is 1.36. The van der Waals surface area contributed by atoms with Gasteiger partial charge >= 0.3 is 0 Å². The molecule has 6 nitrogen and oxygen atoms in total. The molecule has 0 aliphatic heterocycles. The third-order valence-electron chi connectivity index (χ3n) is 2.45. The van der Waals surface area contributed by atoms with Crippen LogP contribution in [0.1, 0.15) is 32.0 Å². The quantitative estimate of drug-likeness (QED) is 0.812. The molecule has 1 aromatic rings. The highest BCUT2D eigenvalue weighted by atomic mass is 16.2. The number of carbonyl (C=O) groups is 1. The third kappa shape index (κ3) is 4.20. The van der Waals surface area contributed by atoms with E-state index in [4.69, 9.17) is 0 Å². The van der Waals surface area contributed by atoms with Gasteiger partial charge in [-0.15, -0.1) is 0 Å². The molecule has 100 valence electrons. The van der Waals surface area contributed by atoms with E-state index in [1.54, 1.807) is 14.1 Å². The molecule has 1 aromatic heterocycles. The van der Waals surface area contributed by atoms with Crippen LogP contribution >= 0.6 is 0 Å². The SMILES string of the molecule is CC(C)c1nc(NCCC(=O)N(C)C)cc(=O)[nH]1. The van der Waals surface area contributed by atoms with E-state index < -0.39 is 0 Å². The number of H-pyrrole nitrogens is 1. The molecule has 0 bridgehead atoms. The molecule has 0 saturated carbocycles. The van der Waals surface area contributed by atoms with Crippen LogP contribution in [0.15, 0.2) is 10.9 Å². The van der Waals surface area contributed by atoms with Crippen molar-refractivity contribution in [1.29, 1.82) is 0 Å². The summed E-state index contributed by atoms with van der Waals surface area (Å²) in [5.74, 6) is 1.34. The number of rotatable bonds is 5. The summed E-state index contributed by atoms with van der Waals surface area (Å²) in [6.45, 7) is 4.38. The summed E-state index contributed by atoms with van der Waals surface area (Å²) < 4.78 is 0. The summed E-state index contributed by atoms with van der Waals surface area (Å²) in [6, 6.07) is 1.39. The van der Waals surface area contributed by atoms with E-state index in [2.05, 4.69) is 15.3 Å². The Morgan fingerprint density at radius 1 is 1.50 bits per heavy atom. The molecule has 1 rings (SSSR count). The summed E-state index contributed by atoms with van der Waals surface area (Å²) in [6.07, 6.45) is 0.374. The summed E-state index contributed by atoms with van der Waals surface area (Å²) in [5.41, 5.74) is -0.185. The van der Waals surface area contributed by atoms with Crippen LogP contribution in [-0.2, 0) is 4.79 Å². The third-order valence-corrected chi connectivity index (χ3v) is 2.45. The number of aromatic amines is 1.